The SMILES string of the molecule is CCCN(CC(F)(F)F)C(=O)C1(C(=O)O)CC1. The first-order valence-electron chi connectivity index (χ1n) is 5.32. The molecule has 1 rings (SSSR count). The molecule has 1 aliphatic carbocycles. The number of nitrogens with zero attached hydrogens (tertiary/aromatic N) is 1. The van der Waals surface area contributed by atoms with E-state index in [1.807, 2.05) is 0 Å². The van der Waals surface area contributed by atoms with Crippen LogP contribution < -0.4 is 0 Å². The van der Waals surface area contributed by atoms with Crippen LogP contribution >= 0.6 is 0 Å². The second kappa shape index (κ2) is 4.54. The van der Waals surface area contributed by atoms with E-state index in [4.69, 9.17) is 5.11 Å². The number of aliphatic carboxylic acids is 1. The number of rotatable bonds is 5. The maximum atomic E-state index is 12.3. The quantitative estimate of drug-likeness (QED) is 0.758. The summed E-state index contributed by atoms with van der Waals surface area (Å²) in [4.78, 5) is 23.3. The van der Waals surface area contributed by atoms with Crippen molar-refractivity contribution >= 4 is 11.9 Å². The van der Waals surface area contributed by atoms with Gasteiger partial charge in [0.15, 0.2) is 0 Å². The van der Waals surface area contributed by atoms with E-state index < -0.39 is 30.0 Å². The third kappa shape index (κ3) is 3.10. The van der Waals surface area contributed by atoms with E-state index in [0.29, 0.717) is 11.3 Å². The number of alkyl halides is 3. The van der Waals surface area contributed by atoms with Gasteiger partial charge in [-0.05, 0) is 19.3 Å². The molecule has 98 valence electrons. The third-order valence-electron chi connectivity index (χ3n) is 2.72. The highest BCUT2D eigenvalue weighted by Gasteiger charge is 2.59. The van der Waals surface area contributed by atoms with Gasteiger partial charge in [-0.25, -0.2) is 0 Å². The summed E-state index contributed by atoms with van der Waals surface area (Å²) >= 11 is 0. The van der Waals surface area contributed by atoms with Gasteiger partial charge in [0.05, 0.1) is 0 Å². The van der Waals surface area contributed by atoms with Gasteiger partial charge in [0.2, 0.25) is 5.91 Å². The van der Waals surface area contributed by atoms with Crippen molar-refractivity contribution in [1.82, 2.24) is 4.90 Å². The molecule has 0 unspecified atom stereocenters. The Hall–Kier alpha value is -1.27. The van der Waals surface area contributed by atoms with E-state index in [1.165, 1.54) is 0 Å². The molecule has 0 aromatic carbocycles. The minimum Gasteiger partial charge on any atom is -0.480 e. The minimum atomic E-state index is -4.50. The Morgan fingerprint density at radius 2 is 1.88 bits per heavy atom. The fraction of sp³-hybridized carbons (Fsp3) is 0.800. The molecular formula is C10H14F3NO3. The maximum absolute atomic E-state index is 12.3. The summed E-state index contributed by atoms with van der Waals surface area (Å²) in [5.41, 5.74) is -1.60. The molecule has 1 fully saturated rings. The first-order valence-corrected chi connectivity index (χ1v) is 5.32. The molecule has 0 spiro atoms. The normalized spacial score (nSPS) is 17.6. The topological polar surface area (TPSA) is 57.6 Å². The second-order valence-corrected chi connectivity index (χ2v) is 4.23. The number of amides is 1. The Bertz CT molecular complexity index is 323. The zero-order valence-corrected chi connectivity index (χ0v) is 9.38. The molecule has 1 amide bonds. The lowest BCUT2D eigenvalue weighted by molar-refractivity contribution is -0.169. The summed E-state index contributed by atoms with van der Waals surface area (Å²) in [6.45, 7) is 0.180. The summed E-state index contributed by atoms with van der Waals surface area (Å²) in [6, 6.07) is 0. The molecule has 0 bridgehead atoms. The van der Waals surface area contributed by atoms with E-state index in [9.17, 15) is 22.8 Å². The number of hydrogen-bond donors (Lipinski definition) is 1. The highest BCUT2D eigenvalue weighted by molar-refractivity contribution is 6.04. The fourth-order valence-electron chi connectivity index (χ4n) is 1.69. The van der Waals surface area contributed by atoms with Crippen LogP contribution in [0.1, 0.15) is 26.2 Å². The van der Waals surface area contributed by atoms with Gasteiger partial charge in [0.1, 0.15) is 12.0 Å². The van der Waals surface area contributed by atoms with E-state index in [1.54, 1.807) is 6.92 Å². The van der Waals surface area contributed by atoms with E-state index in [0.717, 1.165) is 0 Å². The van der Waals surface area contributed by atoms with Crippen molar-refractivity contribution in [3.05, 3.63) is 0 Å². The van der Waals surface area contributed by atoms with Gasteiger partial charge in [0.25, 0.3) is 0 Å². The first-order chi connectivity index (χ1) is 7.73. The van der Waals surface area contributed by atoms with E-state index in [2.05, 4.69) is 0 Å². The van der Waals surface area contributed by atoms with Crippen molar-refractivity contribution in [1.29, 1.82) is 0 Å². The van der Waals surface area contributed by atoms with Crippen molar-refractivity contribution in [2.75, 3.05) is 13.1 Å². The molecule has 4 nitrogen and oxygen atoms in total. The number of carbonyl (C=O) groups is 2. The predicted octanol–water partition coefficient (Wildman–Crippen LogP) is 1.65. The van der Waals surface area contributed by atoms with Gasteiger partial charge in [0, 0.05) is 6.54 Å². The number of carbonyl (C=O) groups excluding carboxylic acids is 1. The van der Waals surface area contributed by atoms with Crippen LogP contribution in [0.2, 0.25) is 0 Å². The Morgan fingerprint density at radius 3 is 2.18 bits per heavy atom. The number of carboxylic acid groups (broad SMARTS) is 1. The Morgan fingerprint density at radius 1 is 1.35 bits per heavy atom. The van der Waals surface area contributed by atoms with E-state index in [-0.39, 0.29) is 19.4 Å². The summed E-state index contributed by atoms with van der Waals surface area (Å²) in [5, 5.41) is 8.86. The van der Waals surface area contributed by atoms with Crippen LogP contribution in [0.15, 0.2) is 0 Å². The van der Waals surface area contributed by atoms with Gasteiger partial charge in [-0.3, -0.25) is 9.59 Å². The van der Waals surface area contributed by atoms with Gasteiger partial charge in [-0.2, -0.15) is 13.2 Å². The standard InChI is InChI=1S/C10H14F3NO3/c1-2-5-14(6-10(11,12)13)7(15)9(3-4-9)8(16)17/h2-6H2,1H3,(H,16,17). The van der Waals surface area contributed by atoms with Crippen LogP contribution in [0, 0.1) is 5.41 Å². The molecule has 0 aromatic rings. The maximum Gasteiger partial charge on any atom is 0.406 e. The first kappa shape index (κ1) is 13.8. The Kier molecular flexibility index (Phi) is 3.68. The lowest BCUT2D eigenvalue weighted by atomic mass is 10.1. The average molecular weight is 253 g/mol. The molecule has 0 aliphatic heterocycles. The molecule has 7 heteroatoms. The average Bonchev–Trinajstić information content (AvgIpc) is 2.94. The van der Waals surface area contributed by atoms with Crippen LogP contribution in [-0.2, 0) is 9.59 Å². The number of halogens is 3. The minimum absolute atomic E-state index is 0.0760. The highest BCUT2D eigenvalue weighted by Crippen LogP contribution is 2.47. The molecule has 0 saturated heterocycles. The molecule has 1 aliphatic rings. The lowest BCUT2D eigenvalue weighted by Crippen LogP contribution is -2.45. The van der Waals surface area contributed by atoms with Crippen molar-refractivity contribution in [2.45, 2.75) is 32.4 Å². The second-order valence-electron chi connectivity index (χ2n) is 4.23. The molecule has 1 N–H and O–H groups in total. The van der Waals surface area contributed by atoms with Gasteiger partial charge in [-0.15, -0.1) is 0 Å². The molecule has 0 radical (unpaired) electrons. The number of hydrogen-bond acceptors (Lipinski definition) is 2. The molecule has 0 atom stereocenters. The van der Waals surface area contributed by atoms with Crippen molar-refractivity contribution in [3.63, 3.8) is 0 Å². The predicted molar refractivity (Wildman–Crippen MR) is 52.2 cm³/mol. The van der Waals surface area contributed by atoms with Crippen molar-refractivity contribution < 1.29 is 27.9 Å². The van der Waals surface area contributed by atoms with Crippen LogP contribution in [0.5, 0.6) is 0 Å². The van der Waals surface area contributed by atoms with Gasteiger partial charge < -0.3 is 10.0 Å². The summed E-state index contributed by atoms with van der Waals surface area (Å²) in [6.07, 6.45) is -3.89. The monoisotopic (exact) mass is 253 g/mol. The van der Waals surface area contributed by atoms with Crippen LogP contribution in [0.4, 0.5) is 13.2 Å². The fourth-order valence-corrected chi connectivity index (χ4v) is 1.69. The zero-order valence-electron chi connectivity index (χ0n) is 9.38. The van der Waals surface area contributed by atoms with Crippen molar-refractivity contribution in [3.8, 4) is 0 Å². The zero-order chi connectivity index (χ0) is 13.3. The van der Waals surface area contributed by atoms with Gasteiger partial charge >= 0.3 is 12.1 Å². The lowest BCUT2D eigenvalue weighted by Gasteiger charge is -2.26. The molecule has 0 heterocycles. The van der Waals surface area contributed by atoms with Gasteiger partial charge in [-0.1, -0.05) is 6.92 Å². The largest absolute Gasteiger partial charge is 0.480 e. The van der Waals surface area contributed by atoms with Crippen LogP contribution in [0.25, 0.3) is 0 Å². The van der Waals surface area contributed by atoms with E-state index >= 15 is 0 Å². The molecule has 17 heavy (non-hydrogen) atoms. The van der Waals surface area contributed by atoms with Crippen molar-refractivity contribution in [2.24, 2.45) is 5.41 Å². The number of carboxylic acids is 1. The Balaban J connectivity index is 2.78. The summed E-state index contributed by atoms with van der Waals surface area (Å²) < 4.78 is 36.8. The third-order valence-corrected chi connectivity index (χ3v) is 2.72. The molecule has 0 aromatic heterocycles. The highest BCUT2D eigenvalue weighted by atomic mass is 19.4. The van der Waals surface area contributed by atoms with Crippen LogP contribution in [-0.4, -0.2) is 41.1 Å². The van der Waals surface area contributed by atoms with Crippen LogP contribution in [0.3, 0.4) is 0 Å². The Labute approximate surface area is 96.4 Å². The molecular weight excluding hydrogens is 239 g/mol. The summed E-state index contributed by atoms with van der Waals surface area (Å²) in [5.74, 6) is -2.24. The smallest absolute Gasteiger partial charge is 0.406 e. The molecule has 1 saturated carbocycles. The summed E-state index contributed by atoms with van der Waals surface area (Å²) in [7, 11) is 0.